The van der Waals surface area contributed by atoms with Gasteiger partial charge in [0.25, 0.3) is 0 Å². The van der Waals surface area contributed by atoms with Crippen molar-refractivity contribution in [3.63, 3.8) is 0 Å². The van der Waals surface area contributed by atoms with Crippen molar-refractivity contribution in [2.45, 2.75) is 0 Å². The summed E-state index contributed by atoms with van der Waals surface area (Å²) in [6, 6.07) is 0. The quantitative estimate of drug-likeness (QED) is 0.568. The van der Waals surface area contributed by atoms with Crippen LogP contribution in [-0.2, 0) is 9.59 Å². The van der Waals surface area contributed by atoms with Crippen LogP contribution in [0.15, 0.2) is 12.2 Å². The summed E-state index contributed by atoms with van der Waals surface area (Å²) < 4.78 is 0. The number of nitrogens with zero attached hydrogens (tertiary/aromatic N) is 4. The van der Waals surface area contributed by atoms with Gasteiger partial charge < -0.3 is 19.6 Å². The first-order chi connectivity index (χ1) is 9.23. The van der Waals surface area contributed by atoms with Crippen molar-refractivity contribution in [1.82, 2.24) is 19.6 Å². The summed E-state index contributed by atoms with van der Waals surface area (Å²) >= 11 is 0. The molecule has 0 bridgehead atoms. The molecule has 0 fully saturated rings. The van der Waals surface area contributed by atoms with Crippen molar-refractivity contribution in [3.8, 4) is 0 Å². The molecule has 0 spiro atoms. The van der Waals surface area contributed by atoms with Crippen LogP contribution in [0.1, 0.15) is 0 Å². The van der Waals surface area contributed by atoms with Crippen LogP contribution in [0.2, 0.25) is 0 Å². The van der Waals surface area contributed by atoms with Gasteiger partial charge in [0, 0.05) is 39.8 Å². The maximum atomic E-state index is 12.1. The third-order valence-electron chi connectivity index (χ3n) is 2.68. The van der Waals surface area contributed by atoms with Gasteiger partial charge in [-0.25, -0.2) is 0 Å². The molecule has 0 aliphatic rings. The number of rotatable bonds is 8. The Morgan fingerprint density at radius 1 is 0.900 bits per heavy atom. The second-order valence-corrected chi connectivity index (χ2v) is 5.52. The van der Waals surface area contributed by atoms with E-state index in [9.17, 15) is 9.59 Å². The van der Waals surface area contributed by atoms with Crippen LogP contribution in [0.25, 0.3) is 0 Å². The zero-order chi connectivity index (χ0) is 15.7. The van der Waals surface area contributed by atoms with Gasteiger partial charge in [-0.1, -0.05) is 6.08 Å². The van der Waals surface area contributed by atoms with E-state index in [2.05, 4.69) is 0 Å². The van der Waals surface area contributed by atoms with Crippen molar-refractivity contribution < 1.29 is 9.59 Å². The van der Waals surface area contributed by atoms with Gasteiger partial charge >= 0.3 is 0 Å². The molecule has 0 unspecified atom stereocenters. The van der Waals surface area contributed by atoms with Crippen LogP contribution in [0, 0.1) is 0 Å². The van der Waals surface area contributed by atoms with Crippen LogP contribution in [0.5, 0.6) is 0 Å². The fourth-order valence-corrected chi connectivity index (χ4v) is 1.36. The Bertz CT molecular complexity index is 338. The maximum absolute atomic E-state index is 12.1. The van der Waals surface area contributed by atoms with E-state index in [-0.39, 0.29) is 18.4 Å². The molecule has 0 heterocycles. The Labute approximate surface area is 122 Å². The van der Waals surface area contributed by atoms with Gasteiger partial charge in [-0.2, -0.15) is 0 Å². The molecule has 116 valence electrons. The first-order valence-electron chi connectivity index (χ1n) is 6.69. The number of amides is 2. The van der Waals surface area contributed by atoms with Crippen LogP contribution in [0.4, 0.5) is 0 Å². The molecule has 0 radical (unpaired) electrons. The highest BCUT2D eigenvalue weighted by atomic mass is 16.2. The van der Waals surface area contributed by atoms with Crippen molar-refractivity contribution >= 4 is 11.8 Å². The van der Waals surface area contributed by atoms with E-state index >= 15 is 0 Å². The summed E-state index contributed by atoms with van der Waals surface area (Å²) in [5.41, 5.74) is 0. The molecule has 0 saturated carbocycles. The lowest BCUT2D eigenvalue weighted by Gasteiger charge is -2.24. The largest absolute Gasteiger partial charge is 0.347 e. The van der Waals surface area contributed by atoms with Crippen LogP contribution in [-0.4, -0.2) is 99.9 Å². The van der Waals surface area contributed by atoms with Gasteiger partial charge in [-0.3, -0.25) is 9.59 Å². The lowest BCUT2D eigenvalue weighted by molar-refractivity contribution is -0.136. The summed E-state index contributed by atoms with van der Waals surface area (Å²) in [4.78, 5) is 30.9. The average Bonchev–Trinajstić information content (AvgIpc) is 2.32. The lowest BCUT2D eigenvalue weighted by atomic mass is 10.3. The number of carbonyl (C=O) groups excluding carboxylic acids is 2. The lowest BCUT2D eigenvalue weighted by Crippen LogP contribution is -2.42. The molecule has 6 nitrogen and oxygen atoms in total. The molecule has 0 aromatic rings. The SMILES string of the molecule is CN(C)C/C=C/C(=O)N(CCN(C)C)CC(=O)N(C)C. The minimum atomic E-state index is -0.121. The smallest absolute Gasteiger partial charge is 0.246 e. The molecule has 2 amide bonds. The van der Waals surface area contributed by atoms with Gasteiger partial charge in [0.15, 0.2) is 0 Å². The fraction of sp³-hybridized carbons (Fsp3) is 0.714. The van der Waals surface area contributed by atoms with Crippen molar-refractivity contribution in [2.24, 2.45) is 0 Å². The molecule has 0 saturated heterocycles. The number of likely N-dealkylation sites (N-methyl/N-ethyl adjacent to an activating group) is 3. The number of carbonyl (C=O) groups is 2. The Morgan fingerprint density at radius 3 is 1.95 bits per heavy atom. The van der Waals surface area contributed by atoms with Gasteiger partial charge in [-0.05, 0) is 28.2 Å². The Balaban J connectivity index is 4.60. The molecule has 0 rings (SSSR count). The normalized spacial score (nSPS) is 11.4. The summed E-state index contributed by atoms with van der Waals surface area (Å²) in [7, 11) is 11.1. The highest BCUT2D eigenvalue weighted by Gasteiger charge is 2.16. The van der Waals surface area contributed by atoms with E-state index in [1.807, 2.05) is 44.1 Å². The highest BCUT2D eigenvalue weighted by molar-refractivity contribution is 5.91. The second-order valence-electron chi connectivity index (χ2n) is 5.52. The molecular weight excluding hydrogens is 256 g/mol. The van der Waals surface area contributed by atoms with Gasteiger partial charge in [-0.15, -0.1) is 0 Å². The zero-order valence-corrected chi connectivity index (χ0v) is 13.6. The van der Waals surface area contributed by atoms with Crippen molar-refractivity contribution in [1.29, 1.82) is 0 Å². The summed E-state index contributed by atoms with van der Waals surface area (Å²) in [5.74, 6) is -0.193. The van der Waals surface area contributed by atoms with Crippen LogP contribution in [0.3, 0.4) is 0 Å². The first-order valence-corrected chi connectivity index (χ1v) is 6.69. The molecule has 0 aliphatic heterocycles. The first kappa shape index (κ1) is 18.6. The van der Waals surface area contributed by atoms with Gasteiger partial charge in [0.2, 0.25) is 11.8 Å². The number of hydrogen-bond donors (Lipinski definition) is 0. The molecule has 20 heavy (non-hydrogen) atoms. The number of hydrogen-bond acceptors (Lipinski definition) is 4. The summed E-state index contributed by atoms with van der Waals surface area (Å²) in [6.07, 6.45) is 3.35. The van der Waals surface area contributed by atoms with E-state index in [4.69, 9.17) is 0 Å². The predicted molar refractivity (Wildman–Crippen MR) is 81.5 cm³/mol. The molecular formula is C14H28N4O2. The van der Waals surface area contributed by atoms with Gasteiger partial charge in [0.1, 0.15) is 6.54 Å². The van der Waals surface area contributed by atoms with Crippen molar-refractivity contribution in [2.75, 3.05) is 68.5 Å². The zero-order valence-electron chi connectivity index (χ0n) is 13.6. The van der Waals surface area contributed by atoms with E-state index in [0.717, 1.165) is 6.54 Å². The van der Waals surface area contributed by atoms with E-state index in [1.165, 1.54) is 4.90 Å². The van der Waals surface area contributed by atoms with Crippen LogP contribution >= 0.6 is 0 Å². The third-order valence-corrected chi connectivity index (χ3v) is 2.68. The highest BCUT2D eigenvalue weighted by Crippen LogP contribution is 1.96. The second kappa shape index (κ2) is 9.50. The Kier molecular flexibility index (Phi) is 8.83. The summed E-state index contributed by atoms with van der Waals surface area (Å²) in [5, 5.41) is 0. The Hall–Kier alpha value is -1.40. The average molecular weight is 284 g/mol. The van der Waals surface area contributed by atoms with E-state index < -0.39 is 0 Å². The van der Waals surface area contributed by atoms with E-state index in [1.54, 1.807) is 25.1 Å². The fourth-order valence-electron chi connectivity index (χ4n) is 1.36. The monoisotopic (exact) mass is 284 g/mol. The summed E-state index contributed by atoms with van der Waals surface area (Å²) in [6.45, 7) is 2.09. The maximum Gasteiger partial charge on any atom is 0.246 e. The van der Waals surface area contributed by atoms with Crippen LogP contribution < -0.4 is 0 Å². The minimum Gasteiger partial charge on any atom is -0.347 e. The molecule has 6 heteroatoms. The van der Waals surface area contributed by atoms with E-state index in [0.29, 0.717) is 13.1 Å². The Morgan fingerprint density at radius 2 is 1.50 bits per heavy atom. The molecule has 0 aromatic heterocycles. The standard InChI is InChI=1S/C14H28N4O2/c1-15(2)9-7-8-13(19)18(11-10-16(3)4)12-14(20)17(5)6/h7-8H,9-12H2,1-6H3/b8-7+. The molecule has 0 atom stereocenters. The predicted octanol–water partition coefficient (Wildman–Crippen LogP) is -0.417. The molecule has 0 aliphatic carbocycles. The topological polar surface area (TPSA) is 47.1 Å². The third kappa shape index (κ3) is 8.66. The van der Waals surface area contributed by atoms with Crippen molar-refractivity contribution in [3.05, 3.63) is 12.2 Å². The molecule has 0 N–H and O–H groups in total. The molecule has 0 aromatic carbocycles. The van der Waals surface area contributed by atoms with Gasteiger partial charge in [0.05, 0.1) is 0 Å². The minimum absolute atomic E-state index is 0.0712.